The molecule has 2 aromatic carbocycles. The third-order valence-corrected chi connectivity index (χ3v) is 6.42. The van der Waals surface area contributed by atoms with Gasteiger partial charge in [0.05, 0.1) is 34.1 Å². The van der Waals surface area contributed by atoms with Crippen molar-refractivity contribution >= 4 is 69.1 Å². The number of methoxy groups -OCH3 is 1. The molecular weight excluding hydrogens is 427 g/mol. The molecule has 27 heavy (non-hydrogen) atoms. The normalized spacial score (nSPS) is 17.0. The molecule has 0 N–H and O–H groups in total. The summed E-state index contributed by atoms with van der Waals surface area (Å²) in [7, 11) is 1.60. The Morgan fingerprint density at radius 2 is 1.89 bits per heavy atom. The van der Waals surface area contributed by atoms with Crippen LogP contribution in [0.3, 0.4) is 0 Å². The van der Waals surface area contributed by atoms with E-state index in [2.05, 4.69) is 4.98 Å². The first-order valence-electron chi connectivity index (χ1n) is 8.01. The van der Waals surface area contributed by atoms with Crippen LogP contribution >= 0.6 is 46.6 Å². The molecular formula is C19H13Cl3N2O2S. The number of carbonyl (C=O) groups excluding carboxylic acids is 1. The van der Waals surface area contributed by atoms with Crippen LogP contribution in [0.25, 0.3) is 10.9 Å². The molecule has 0 radical (unpaired) electrons. The van der Waals surface area contributed by atoms with Crippen LogP contribution in [-0.4, -0.2) is 23.8 Å². The largest absolute Gasteiger partial charge is 0.497 e. The highest BCUT2D eigenvalue weighted by molar-refractivity contribution is 8.00. The van der Waals surface area contributed by atoms with Crippen LogP contribution in [0.15, 0.2) is 42.5 Å². The first-order chi connectivity index (χ1) is 13.0. The maximum atomic E-state index is 12.6. The van der Waals surface area contributed by atoms with E-state index in [1.807, 2.05) is 24.3 Å². The van der Waals surface area contributed by atoms with Crippen molar-refractivity contribution in [3.8, 4) is 5.75 Å². The Morgan fingerprint density at radius 3 is 2.59 bits per heavy atom. The molecule has 1 saturated heterocycles. The van der Waals surface area contributed by atoms with Gasteiger partial charge in [-0.05, 0) is 30.3 Å². The number of hydrogen-bond donors (Lipinski definition) is 0. The molecule has 0 spiro atoms. The number of carbonyl (C=O) groups is 1. The first-order valence-corrected chi connectivity index (χ1v) is 10.2. The zero-order chi connectivity index (χ0) is 19.1. The van der Waals surface area contributed by atoms with Gasteiger partial charge in [-0.3, -0.25) is 9.69 Å². The van der Waals surface area contributed by atoms with Gasteiger partial charge in [0, 0.05) is 17.0 Å². The molecule has 8 heteroatoms. The van der Waals surface area contributed by atoms with Gasteiger partial charge in [-0.1, -0.05) is 40.9 Å². The molecule has 1 aliphatic rings. The lowest BCUT2D eigenvalue weighted by atomic mass is 10.1. The number of amides is 1. The Bertz CT molecular complexity index is 1040. The SMILES string of the molecule is COc1ccc2cc(C3SCC(=O)N3c3c(Cl)cccc3Cl)c(Cl)nc2c1. The molecule has 0 bridgehead atoms. The fourth-order valence-corrected chi connectivity index (χ4v) is 5.12. The summed E-state index contributed by atoms with van der Waals surface area (Å²) in [6.45, 7) is 0. The minimum atomic E-state index is -0.360. The minimum absolute atomic E-state index is 0.0779. The number of aromatic nitrogens is 1. The second-order valence-corrected chi connectivity index (χ2v) is 8.17. The van der Waals surface area contributed by atoms with Crippen LogP contribution in [0.4, 0.5) is 5.69 Å². The van der Waals surface area contributed by atoms with Crippen molar-refractivity contribution < 1.29 is 9.53 Å². The quantitative estimate of drug-likeness (QED) is 0.471. The van der Waals surface area contributed by atoms with Crippen LogP contribution < -0.4 is 9.64 Å². The third-order valence-electron chi connectivity index (χ3n) is 4.32. The van der Waals surface area contributed by atoms with Gasteiger partial charge < -0.3 is 4.74 Å². The highest BCUT2D eigenvalue weighted by Crippen LogP contribution is 2.48. The summed E-state index contributed by atoms with van der Waals surface area (Å²) in [5.41, 5.74) is 1.95. The lowest BCUT2D eigenvalue weighted by Crippen LogP contribution is -2.28. The highest BCUT2D eigenvalue weighted by atomic mass is 35.5. The van der Waals surface area contributed by atoms with E-state index in [0.717, 1.165) is 16.5 Å². The smallest absolute Gasteiger partial charge is 0.238 e. The monoisotopic (exact) mass is 438 g/mol. The zero-order valence-electron chi connectivity index (χ0n) is 14.1. The Labute approximate surface area is 175 Å². The maximum absolute atomic E-state index is 12.6. The summed E-state index contributed by atoms with van der Waals surface area (Å²) in [4.78, 5) is 18.7. The molecule has 1 amide bonds. The second-order valence-electron chi connectivity index (χ2n) is 5.92. The van der Waals surface area contributed by atoms with Crippen molar-refractivity contribution in [2.75, 3.05) is 17.8 Å². The number of nitrogens with zero attached hydrogens (tertiary/aromatic N) is 2. The fraction of sp³-hybridized carbons (Fsp3) is 0.158. The zero-order valence-corrected chi connectivity index (χ0v) is 17.2. The van der Waals surface area contributed by atoms with E-state index in [9.17, 15) is 4.79 Å². The van der Waals surface area contributed by atoms with Gasteiger partial charge in [0.25, 0.3) is 0 Å². The summed E-state index contributed by atoms with van der Waals surface area (Å²) < 4.78 is 5.24. The first kappa shape index (κ1) is 18.7. The summed E-state index contributed by atoms with van der Waals surface area (Å²) in [5.74, 6) is 0.933. The maximum Gasteiger partial charge on any atom is 0.238 e. The van der Waals surface area contributed by atoms with E-state index in [-0.39, 0.29) is 11.3 Å². The second kappa shape index (κ2) is 7.40. The molecule has 2 heterocycles. The molecule has 1 atom stereocenters. The molecule has 1 unspecified atom stereocenters. The number of hydrogen-bond acceptors (Lipinski definition) is 4. The standard InChI is InChI=1S/C19H13Cl3N2O2S/c1-26-11-6-5-10-7-12(18(22)23-15(10)8-11)19-24(16(25)9-27-19)17-13(20)3-2-4-14(17)21/h2-8,19H,9H2,1H3. The number of halogens is 3. The molecule has 138 valence electrons. The summed E-state index contributed by atoms with van der Waals surface area (Å²) in [6.07, 6.45) is 0. The summed E-state index contributed by atoms with van der Waals surface area (Å²) >= 11 is 20.6. The fourth-order valence-electron chi connectivity index (χ4n) is 3.05. The van der Waals surface area contributed by atoms with Gasteiger partial charge in [-0.2, -0.15) is 0 Å². The van der Waals surface area contributed by atoms with E-state index in [1.54, 1.807) is 30.2 Å². The van der Waals surface area contributed by atoms with Gasteiger partial charge in [0.1, 0.15) is 16.3 Å². The van der Waals surface area contributed by atoms with E-state index in [0.29, 0.717) is 32.4 Å². The molecule has 0 saturated carbocycles. The summed E-state index contributed by atoms with van der Waals surface area (Å²) in [6, 6.07) is 12.7. The van der Waals surface area contributed by atoms with Gasteiger partial charge >= 0.3 is 0 Å². The predicted molar refractivity (Wildman–Crippen MR) is 112 cm³/mol. The van der Waals surface area contributed by atoms with Crippen molar-refractivity contribution in [1.29, 1.82) is 0 Å². The van der Waals surface area contributed by atoms with E-state index < -0.39 is 0 Å². The van der Waals surface area contributed by atoms with Gasteiger partial charge in [0.2, 0.25) is 5.91 Å². The van der Waals surface area contributed by atoms with Crippen molar-refractivity contribution in [2.45, 2.75) is 5.37 Å². The van der Waals surface area contributed by atoms with Crippen LogP contribution in [0.5, 0.6) is 5.75 Å². The van der Waals surface area contributed by atoms with Crippen LogP contribution in [0.1, 0.15) is 10.9 Å². The average molecular weight is 440 g/mol. The molecule has 1 aromatic heterocycles. The van der Waals surface area contributed by atoms with Gasteiger partial charge in [-0.15, -0.1) is 11.8 Å². The third kappa shape index (κ3) is 3.34. The van der Waals surface area contributed by atoms with Crippen molar-refractivity contribution in [1.82, 2.24) is 4.98 Å². The van der Waals surface area contributed by atoms with Crippen LogP contribution in [-0.2, 0) is 4.79 Å². The minimum Gasteiger partial charge on any atom is -0.497 e. The lowest BCUT2D eigenvalue weighted by Gasteiger charge is -2.26. The molecule has 1 fully saturated rings. The molecule has 4 rings (SSSR count). The Hall–Kier alpha value is -1.66. The number of fused-ring (bicyclic) bond motifs is 1. The van der Waals surface area contributed by atoms with E-state index in [4.69, 9.17) is 39.5 Å². The molecule has 4 nitrogen and oxygen atoms in total. The number of anilines is 1. The Morgan fingerprint density at radius 1 is 1.15 bits per heavy atom. The number of rotatable bonds is 3. The number of ether oxygens (including phenoxy) is 1. The number of para-hydroxylation sites is 1. The van der Waals surface area contributed by atoms with Crippen molar-refractivity contribution in [3.63, 3.8) is 0 Å². The lowest BCUT2D eigenvalue weighted by molar-refractivity contribution is -0.115. The highest BCUT2D eigenvalue weighted by Gasteiger charge is 2.37. The van der Waals surface area contributed by atoms with E-state index >= 15 is 0 Å². The number of pyridine rings is 1. The van der Waals surface area contributed by atoms with Crippen LogP contribution in [0.2, 0.25) is 15.2 Å². The number of thioether (sulfide) groups is 1. The van der Waals surface area contributed by atoms with Crippen molar-refractivity contribution in [2.24, 2.45) is 0 Å². The predicted octanol–water partition coefficient (Wildman–Crippen LogP) is 5.98. The Balaban J connectivity index is 1.84. The average Bonchev–Trinajstić information content (AvgIpc) is 3.02. The van der Waals surface area contributed by atoms with Gasteiger partial charge in [-0.25, -0.2) is 4.98 Å². The molecule has 3 aromatic rings. The molecule has 1 aliphatic heterocycles. The van der Waals surface area contributed by atoms with Crippen LogP contribution in [0, 0.1) is 0 Å². The van der Waals surface area contributed by atoms with E-state index in [1.165, 1.54) is 11.8 Å². The topological polar surface area (TPSA) is 42.4 Å². The Kier molecular flexibility index (Phi) is 5.12. The molecule has 0 aliphatic carbocycles. The van der Waals surface area contributed by atoms with Crippen molar-refractivity contribution in [3.05, 3.63) is 63.2 Å². The summed E-state index contributed by atoms with van der Waals surface area (Å²) in [5, 5.41) is 1.70. The van der Waals surface area contributed by atoms with Gasteiger partial charge in [0.15, 0.2) is 0 Å². The number of benzene rings is 2.